The molecule has 1 unspecified atom stereocenters. The highest BCUT2D eigenvalue weighted by molar-refractivity contribution is 5.03. The van der Waals surface area contributed by atoms with Gasteiger partial charge in [0, 0.05) is 25.2 Å². The molecule has 2 aliphatic rings. The van der Waals surface area contributed by atoms with Crippen molar-refractivity contribution in [1.82, 2.24) is 15.4 Å². The smallest absolute Gasteiger partial charge is 0.133 e. The van der Waals surface area contributed by atoms with Crippen molar-refractivity contribution in [2.45, 2.75) is 58.0 Å². The van der Waals surface area contributed by atoms with Crippen LogP contribution in [0.15, 0.2) is 10.6 Å². The molecule has 0 spiro atoms. The minimum Gasteiger partial charge on any atom is -0.361 e. The Morgan fingerprint density at radius 3 is 2.90 bits per heavy atom. The molecule has 1 aliphatic heterocycles. The van der Waals surface area contributed by atoms with Gasteiger partial charge in [-0.15, -0.1) is 0 Å². The first-order valence-corrected chi connectivity index (χ1v) is 8.19. The molecule has 1 aliphatic carbocycles. The molecule has 2 heterocycles. The van der Waals surface area contributed by atoms with Gasteiger partial charge in [0.15, 0.2) is 0 Å². The summed E-state index contributed by atoms with van der Waals surface area (Å²) in [5, 5.41) is 7.93. The molecule has 0 aromatic carbocycles. The maximum Gasteiger partial charge on any atom is 0.133 e. The van der Waals surface area contributed by atoms with E-state index in [4.69, 9.17) is 4.52 Å². The molecule has 3 rings (SSSR count). The zero-order valence-corrected chi connectivity index (χ0v) is 12.6. The van der Waals surface area contributed by atoms with E-state index in [1.807, 2.05) is 6.92 Å². The molecule has 2 fully saturated rings. The number of aryl methyl sites for hydroxylation is 1. The van der Waals surface area contributed by atoms with E-state index in [1.54, 1.807) is 0 Å². The maximum absolute atomic E-state index is 5.19. The number of nitrogens with one attached hydrogen (secondary N) is 1. The molecule has 20 heavy (non-hydrogen) atoms. The second-order valence-corrected chi connectivity index (χ2v) is 6.48. The predicted octanol–water partition coefficient (Wildman–Crippen LogP) is 2.73. The van der Waals surface area contributed by atoms with Gasteiger partial charge in [-0.2, -0.15) is 0 Å². The van der Waals surface area contributed by atoms with Gasteiger partial charge >= 0.3 is 0 Å². The van der Waals surface area contributed by atoms with Crippen molar-refractivity contribution in [3.8, 4) is 0 Å². The van der Waals surface area contributed by atoms with Gasteiger partial charge in [-0.05, 0) is 45.2 Å². The normalized spacial score (nSPS) is 26.6. The Hall–Kier alpha value is -0.870. The highest BCUT2D eigenvalue weighted by Gasteiger charge is 2.27. The summed E-state index contributed by atoms with van der Waals surface area (Å²) in [6.45, 7) is 6.39. The monoisotopic (exact) mass is 277 g/mol. The van der Waals surface area contributed by atoms with E-state index in [9.17, 15) is 0 Å². The van der Waals surface area contributed by atoms with E-state index in [-0.39, 0.29) is 0 Å². The summed E-state index contributed by atoms with van der Waals surface area (Å²) in [7, 11) is 0. The van der Waals surface area contributed by atoms with Crippen LogP contribution < -0.4 is 5.32 Å². The van der Waals surface area contributed by atoms with Crippen LogP contribution >= 0.6 is 0 Å². The molecule has 4 heteroatoms. The first-order chi connectivity index (χ1) is 9.81. The first-order valence-electron chi connectivity index (χ1n) is 8.19. The lowest BCUT2D eigenvalue weighted by Crippen LogP contribution is -2.43. The predicted molar refractivity (Wildman–Crippen MR) is 79.5 cm³/mol. The van der Waals surface area contributed by atoms with Crippen LogP contribution in [0.3, 0.4) is 0 Å². The fraction of sp³-hybridized carbons (Fsp3) is 0.812. The molecule has 1 saturated carbocycles. The number of rotatable bonds is 3. The largest absolute Gasteiger partial charge is 0.361 e. The zero-order chi connectivity index (χ0) is 13.8. The molecule has 0 bridgehead atoms. The minimum atomic E-state index is 0.672. The van der Waals surface area contributed by atoms with Gasteiger partial charge in [-0.1, -0.05) is 24.4 Å². The maximum atomic E-state index is 5.19. The topological polar surface area (TPSA) is 41.3 Å². The molecule has 4 nitrogen and oxygen atoms in total. The zero-order valence-electron chi connectivity index (χ0n) is 12.6. The summed E-state index contributed by atoms with van der Waals surface area (Å²) in [6, 6.07) is 2.74. The lowest BCUT2D eigenvalue weighted by Gasteiger charge is -2.32. The van der Waals surface area contributed by atoms with Crippen LogP contribution in [0, 0.1) is 12.8 Å². The van der Waals surface area contributed by atoms with Gasteiger partial charge in [0.1, 0.15) is 5.76 Å². The summed E-state index contributed by atoms with van der Waals surface area (Å²) in [5.41, 5.74) is 1.08. The summed E-state index contributed by atoms with van der Waals surface area (Å²) in [5.74, 6) is 1.79. The van der Waals surface area contributed by atoms with Crippen LogP contribution in [-0.2, 0) is 6.54 Å². The van der Waals surface area contributed by atoms with Crippen molar-refractivity contribution in [3.63, 3.8) is 0 Å². The van der Waals surface area contributed by atoms with Crippen LogP contribution in [0.5, 0.6) is 0 Å². The average molecular weight is 277 g/mol. The molecule has 1 saturated heterocycles. The van der Waals surface area contributed by atoms with E-state index in [1.165, 1.54) is 45.1 Å². The second kappa shape index (κ2) is 6.72. The first kappa shape index (κ1) is 14.1. The molecular weight excluding hydrogens is 250 g/mol. The lowest BCUT2D eigenvalue weighted by molar-refractivity contribution is 0.198. The standard InChI is InChI=1S/C16H27N3O/c1-13-10-15(18-20-13)11-19-9-5-8-17-16(12-19)14-6-3-2-4-7-14/h10,14,16-17H,2-9,11-12H2,1H3. The summed E-state index contributed by atoms with van der Waals surface area (Å²) in [4.78, 5) is 2.55. The number of aromatic nitrogens is 1. The van der Waals surface area contributed by atoms with Gasteiger partial charge in [-0.25, -0.2) is 0 Å². The molecule has 112 valence electrons. The van der Waals surface area contributed by atoms with Crippen molar-refractivity contribution in [3.05, 3.63) is 17.5 Å². The van der Waals surface area contributed by atoms with E-state index in [0.717, 1.165) is 37.0 Å². The highest BCUT2D eigenvalue weighted by atomic mass is 16.5. The Balaban J connectivity index is 1.59. The number of hydrogen-bond acceptors (Lipinski definition) is 4. The third kappa shape index (κ3) is 3.61. The fourth-order valence-corrected chi connectivity index (χ4v) is 3.74. The Morgan fingerprint density at radius 1 is 1.30 bits per heavy atom. The van der Waals surface area contributed by atoms with Gasteiger partial charge < -0.3 is 9.84 Å². The van der Waals surface area contributed by atoms with E-state index < -0.39 is 0 Å². The molecule has 0 amide bonds. The SMILES string of the molecule is Cc1cc(CN2CCCNC(C3CCCCC3)C2)no1. The molecular formula is C16H27N3O. The van der Waals surface area contributed by atoms with Gasteiger partial charge in [0.25, 0.3) is 0 Å². The Labute approximate surface area is 121 Å². The Morgan fingerprint density at radius 2 is 2.15 bits per heavy atom. The van der Waals surface area contributed by atoms with Crippen molar-refractivity contribution in [1.29, 1.82) is 0 Å². The van der Waals surface area contributed by atoms with E-state index in [0.29, 0.717) is 6.04 Å². The minimum absolute atomic E-state index is 0.672. The fourth-order valence-electron chi connectivity index (χ4n) is 3.74. The Kier molecular flexibility index (Phi) is 4.73. The average Bonchev–Trinajstić information content (AvgIpc) is 2.74. The summed E-state index contributed by atoms with van der Waals surface area (Å²) >= 11 is 0. The third-order valence-corrected chi connectivity index (χ3v) is 4.79. The van der Waals surface area contributed by atoms with Crippen LogP contribution in [0.4, 0.5) is 0 Å². The van der Waals surface area contributed by atoms with Crippen LogP contribution in [0.1, 0.15) is 50.0 Å². The highest BCUT2D eigenvalue weighted by Crippen LogP contribution is 2.27. The van der Waals surface area contributed by atoms with Crippen molar-refractivity contribution >= 4 is 0 Å². The van der Waals surface area contributed by atoms with Gasteiger partial charge in [-0.3, -0.25) is 4.90 Å². The third-order valence-electron chi connectivity index (χ3n) is 4.79. The number of hydrogen-bond donors (Lipinski definition) is 1. The number of nitrogens with zero attached hydrogens (tertiary/aromatic N) is 2. The Bertz CT molecular complexity index is 412. The van der Waals surface area contributed by atoms with Crippen LogP contribution in [-0.4, -0.2) is 35.7 Å². The molecule has 1 atom stereocenters. The van der Waals surface area contributed by atoms with Crippen molar-refractivity contribution in [2.75, 3.05) is 19.6 Å². The quantitative estimate of drug-likeness (QED) is 0.922. The second-order valence-electron chi connectivity index (χ2n) is 6.48. The molecule has 1 aromatic rings. The molecule has 0 radical (unpaired) electrons. The molecule has 1 aromatic heterocycles. The summed E-state index contributed by atoms with van der Waals surface area (Å²) < 4.78 is 5.19. The van der Waals surface area contributed by atoms with E-state index >= 15 is 0 Å². The van der Waals surface area contributed by atoms with E-state index in [2.05, 4.69) is 21.4 Å². The van der Waals surface area contributed by atoms with Crippen LogP contribution in [0.25, 0.3) is 0 Å². The van der Waals surface area contributed by atoms with Crippen molar-refractivity contribution in [2.24, 2.45) is 5.92 Å². The summed E-state index contributed by atoms with van der Waals surface area (Å²) in [6.07, 6.45) is 8.34. The van der Waals surface area contributed by atoms with Crippen LogP contribution in [0.2, 0.25) is 0 Å². The lowest BCUT2D eigenvalue weighted by atomic mass is 9.83. The van der Waals surface area contributed by atoms with Crippen molar-refractivity contribution < 1.29 is 4.52 Å². The molecule has 1 N–H and O–H groups in total. The van der Waals surface area contributed by atoms with Gasteiger partial charge in [0.05, 0.1) is 5.69 Å². The van der Waals surface area contributed by atoms with Gasteiger partial charge in [0.2, 0.25) is 0 Å².